The van der Waals surface area contributed by atoms with Gasteiger partial charge in [-0.1, -0.05) is 60.7 Å². The Bertz CT molecular complexity index is 897. The number of phenolic OH excluding ortho intramolecular Hbond substituents is 1. The predicted octanol–water partition coefficient (Wildman–Crippen LogP) is 3.65. The molecule has 0 bridgehead atoms. The van der Waals surface area contributed by atoms with Gasteiger partial charge in [0.1, 0.15) is 24.3 Å². The van der Waals surface area contributed by atoms with Crippen molar-refractivity contribution in [2.75, 3.05) is 0 Å². The van der Waals surface area contributed by atoms with Crippen LogP contribution < -0.4 is 10.1 Å². The van der Waals surface area contributed by atoms with Crippen molar-refractivity contribution >= 4 is 5.91 Å². The van der Waals surface area contributed by atoms with Crippen LogP contribution in [0.2, 0.25) is 0 Å². The molecule has 1 amide bonds. The van der Waals surface area contributed by atoms with Crippen LogP contribution in [0, 0.1) is 0 Å². The standard InChI is InChI=1S/C23H23NO4/c25-21-13-12-19(28-16-18-9-5-2-6-10-18)15-20(21)23(27)24-22(26)14-11-17-7-3-1-4-8-17/h1-10,12-13,15,22,25-26H,11,14,16H2,(H,24,27)/t22-/m0/s1. The first-order valence-electron chi connectivity index (χ1n) is 9.14. The highest BCUT2D eigenvalue weighted by atomic mass is 16.5. The molecule has 28 heavy (non-hydrogen) atoms. The van der Waals surface area contributed by atoms with Gasteiger partial charge in [0, 0.05) is 0 Å². The number of ether oxygens (including phenoxy) is 1. The van der Waals surface area contributed by atoms with Gasteiger partial charge < -0.3 is 20.3 Å². The Labute approximate surface area is 164 Å². The number of aromatic hydroxyl groups is 1. The number of carbonyl (C=O) groups excluding carboxylic acids is 1. The fourth-order valence-corrected chi connectivity index (χ4v) is 2.78. The number of benzene rings is 3. The lowest BCUT2D eigenvalue weighted by Crippen LogP contribution is -2.35. The number of amides is 1. The fraction of sp³-hybridized carbons (Fsp3) is 0.174. The quantitative estimate of drug-likeness (QED) is 0.524. The van der Waals surface area contributed by atoms with Crippen LogP contribution in [0.3, 0.4) is 0 Å². The molecule has 0 aliphatic carbocycles. The van der Waals surface area contributed by atoms with Gasteiger partial charge in [-0.25, -0.2) is 0 Å². The first kappa shape index (κ1) is 19.5. The van der Waals surface area contributed by atoms with Crippen molar-refractivity contribution in [3.05, 3.63) is 95.6 Å². The van der Waals surface area contributed by atoms with E-state index in [-0.39, 0.29) is 11.3 Å². The van der Waals surface area contributed by atoms with Crippen molar-refractivity contribution in [3.63, 3.8) is 0 Å². The van der Waals surface area contributed by atoms with Crippen molar-refractivity contribution in [1.82, 2.24) is 5.32 Å². The highest BCUT2D eigenvalue weighted by Crippen LogP contribution is 2.24. The maximum Gasteiger partial charge on any atom is 0.257 e. The number of aliphatic hydroxyl groups is 1. The molecule has 0 unspecified atom stereocenters. The predicted molar refractivity (Wildman–Crippen MR) is 107 cm³/mol. The van der Waals surface area contributed by atoms with Crippen LogP contribution in [0.1, 0.15) is 27.9 Å². The molecule has 3 aromatic rings. The lowest BCUT2D eigenvalue weighted by atomic mass is 10.1. The number of phenols is 1. The molecule has 1 atom stereocenters. The van der Waals surface area contributed by atoms with E-state index in [1.54, 1.807) is 6.07 Å². The van der Waals surface area contributed by atoms with Gasteiger partial charge in [0.2, 0.25) is 0 Å². The molecule has 5 nitrogen and oxygen atoms in total. The number of aryl methyl sites for hydroxylation is 1. The summed E-state index contributed by atoms with van der Waals surface area (Å²) in [6.45, 7) is 0.354. The molecular weight excluding hydrogens is 354 g/mol. The van der Waals surface area contributed by atoms with Crippen LogP contribution in [0.15, 0.2) is 78.9 Å². The van der Waals surface area contributed by atoms with Crippen LogP contribution in [0.25, 0.3) is 0 Å². The molecule has 0 aliphatic rings. The van der Waals surface area contributed by atoms with E-state index in [2.05, 4.69) is 5.32 Å². The zero-order chi connectivity index (χ0) is 19.8. The van der Waals surface area contributed by atoms with Gasteiger partial charge in [0.25, 0.3) is 5.91 Å². The van der Waals surface area contributed by atoms with E-state index in [4.69, 9.17) is 4.74 Å². The van der Waals surface area contributed by atoms with E-state index in [1.165, 1.54) is 12.1 Å². The maximum absolute atomic E-state index is 12.4. The van der Waals surface area contributed by atoms with Crippen molar-refractivity contribution in [2.45, 2.75) is 25.7 Å². The first-order chi connectivity index (χ1) is 13.6. The summed E-state index contributed by atoms with van der Waals surface area (Å²) >= 11 is 0. The van der Waals surface area contributed by atoms with Crippen LogP contribution in [0.5, 0.6) is 11.5 Å². The minimum Gasteiger partial charge on any atom is -0.507 e. The van der Waals surface area contributed by atoms with Gasteiger partial charge >= 0.3 is 0 Å². The van der Waals surface area contributed by atoms with E-state index in [0.717, 1.165) is 11.1 Å². The zero-order valence-electron chi connectivity index (χ0n) is 15.4. The van der Waals surface area contributed by atoms with E-state index in [9.17, 15) is 15.0 Å². The Balaban J connectivity index is 1.57. The summed E-state index contributed by atoms with van der Waals surface area (Å²) in [5.41, 5.74) is 2.14. The SMILES string of the molecule is O=C(N[C@@H](O)CCc1ccccc1)c1cc(OCc2ccccc2)ccc1O. The Morgan fingerprint density at radius 1 is 0.929 bits per heavy atom. The molecule has 3 N–H and O–H groups in total. The largest absolute Gasteiger partial charge is 0.507 e. The molecule has 0 fully saturated rings. The molecule has 0 aromatic heterocycles. The second-order valence-corrected chi connectivity index (χ2v) is 6.47. The highest BCUT2D eigenvalue weighted by molar-refractivity contribution is 5.97. The molecule has 0 spiro atoms. The number of hydrogen-bond donors (Lipinski definition) is 3. The average Bonchev–Trinajstić information content (AvgIpc) is 2.73. The van der Waals surface area contributed by atoms with Crippen LogP contribution >= 0.6 is 0 Å². The summed E-state index contributed by atoms with van der Waals surface area (Å²) < 4.78 is 5.69. The van der Waals surface area contributed by atoms with E-state index in [1.807, 2.05) is 60.7 Å². The number of rotatable bonds is 8. The zero-order valence-corrected chi connectivity index (χ0v) is 15.4. The third kappa shape index (κ3) is 5.59. The molecule has 0 heterocycles. The summed E-state index contributed by atoms with van der Waals surface area (Å²) in [5.74, 6) is -0.256. The lowest BCUT2D eigenvalue weighted by Gasteiger charge is -2.14. The molecule has 3 rings (SSSR count). The average molecular weight is 377 g/mol. The van der Waals surface area contributed by atoms with Crippen molar-refractivity contribution < 1.29 is 19.7 Å². The van der Waals surface area contributed by atoms with Gasteiger partial charge in [-0.3, -0.25) is 4.79 Å². The van der Waals surface area contributed by atoms with Crippen LogP contribution in [-0.4, -0.2) is 22.3 Å². The third-order valence-electron chi connectivity index (χ3n) is 4.31. The third-order valence-corrected chi connectivity index (χ3v) is 4.31. The Kier molecular flexibility index (Phi) is 6.65. The summed E-state index contributed by atoms with van der Waals surface area (Å²) in [5, 5.41) is 22.6. The second kappa shape index (κ2) is 9.58. The Morgan fingerprint density at radius 3 is 2.25 bits per heavy atom. The Hall–Kier alpha value is -3.31. The smallest absolute Gasteiger partial charge is 0.257 e. The van der Waals surface area contributed by atoms with Gasteiger partial charge in [-0.2, -0.15) is 0 Å². The maximum atomic E-state index is 12.4. The molecule has 0 aliphatic heterocycles. The minimum atomic E-state index is -1.01. The van der Waals surface area contributed by atoms with Crippen molar-refractivity contribution in [3.8, 4) is 11.5 Å². The molecule has 3 aromatic carbocycles. The molecular formula is C23H23NO4. The topological polar surface area (TPSA) is 78.8 Å². The molecule has 5 heteroatoms. The number of carbonyl (C=O) groups is 1. The molecule has 0 saturated heterocycles. The molecule has 0 saturated carbocycles. The van der Waals surface area contributed by atoms with Crippen molar-refractivity contribution in [2.24, 2.45) is 0 Å². The molecule has 0 radical (unpaired) electrons. The number of nitrogens with one attached hydrogen (secondary N) is 1. The van der Waals surface area contributed by atoms with Gasteiger partial charge in [-0.05, 0) is 42.2 Å². The van der Waals surface area contributed by atoms with E-state index >= 15 is 0 Å². The van der Waals surface area contributed by atoms with Crippen molar-refractivity contribution in [1.29, 1.82) is 0 Å². The first-order valence-corrected chi connectivity index (χ1v) is 9.14. The highest BCUT2D eigenvalue weighted by Gasteiger charge is 2.16. The van der Waals surface area contributed by atoms with E-state index < -0.39 is 12.1 Å². The number of hydrogen-bond acceptors (Lipinski definition) is 4. The Morgan fingerprint density at radius 2 is 1.57 bits per heavy atom. The van der Waals surface area contributed by atoms with Crippen LogP contribution in [0.4, 0.5) is 0 Å². The summed E-state index contributed by atoms with van der Waals surface area (Å²) in [6, 6.07) is 23.8. The summed E-state index contributed by atoms with van der Waals surface area (Å²) in [4.78, 5) is 12.4. The summed E-state index contributed by atoms with van der Waals surface area (Å²) in [7, 11) is 0. The second-order valence-electron chi connectivity index (χ2n) is 6.47. The van der Waals surface area contributed by atoms with Gasteiger partial charge in [-0.15, -0.1) is 0 Å². The summed E-state index contributed by atoms with van der Waals surface area (Å²) in [6.07, 6.45) is -0.00383. The minimum absolute atomic E-state index is 0.0596. The van der Waals surface area contributed by atoms with Gasteiger partial charge in [0.05, 0.1) is 5.56 Å². The monoisotopic (exact) mass is 377 g/mol. The number of aliphatic hydroxyl groups excluding tert-OH is 1. The van der Waals surface area contributed by atoms with Gasteiger partial charge in [0.15, 0.2) is 0 Å². The lowest BCUT2D eigenvalue weighted by molar-refractivity contribution is 0.0763. The normalized spacial score (nSPS) is 11.6. The van der Waals surface area contributed by atoms with E-state index in [0.29, 0.717) is 25.2 Å². The van der Waals surface area contributed by atoms with Crippen LogP contribution in [-0.2, 0) is 13.0 Å². The molecule has 144 valence electrons. The fourth-order valence-electron chi connectivity index (χ4n) is 2.78.